The molecule has 3 aromatic carbocycles. The highest BCUT2D eigenvalue weighted by Crippen LogP contribution is 2.40. The minimum absolute atomic E-state index is 0.168. The van der Waals surface area contributed by atoms with Gasteiger partial charge in [-0.1, -0.05) is 54.6 Å². The molecule has 0 bridgehead atoms. The van der Waals surface area contributed by atoms with E-state index in [2.05, 4.69) is 10.9 Å². The molecule has 0 amide bonds. The second-order valence-corrected chi connectivity index (χ2v) is 7.48. The zero-order chi connectivity index (χ0) is 22.9. The van der Waals surface area contributed by atoms with E-state index in [1.54, 1.807) is 36.4 Å². The number of hydrogen-bond acceptors (Lipinski definition) is 8. The number of benzene rings is 3. The highest BCUT2D eigenvalue weighted by atomic mass is 16.4. The number of rotatable bonds is 5. The Bertz CT molecular complexity index is 1490. The van der Waals surface area contributed by atoms with Crippen LogP contribution in [0.4, 0.5) is 11.4 Å². The van der Waals surface area contributed by atoms with Crippen molar-refractivity contribution < 1.29 is 8.83 Å². The number of anilines is 2. The first kappa shape index (κ1) is 20.5. The molecule has 0 aliphatic heterocycles. The Kier molecular flexibility index (Phi) is 5.14. The van der Waals surface area contributed by atoms with Crippen LogP contribution in [-0.4, -0.2) is 0 Å². The summed E-state index contributed by atoms with van der Waals surface area (Å²) in [4.78, 5) is 26.7. The summed E-state index contributed by atoms with van der Waals surface area (Å²) in [5.41, 5.74) is 6.47. The van der Waals surface area contributed by atoms with E-state index in [0.29, 0.717) is 38.9 Å². The van der Waals surface area contributed by atoms with Crippen LogP contribution in [0.5, 0.6) is 0 Å². The lowest BCUT2D eigenvalue weighted by molar-refractivity contribution is 0.537. The average Bonchev–Trinajstić information content (AvgIpc) is 2.85. The lowest BCUT2D eigenvalue weighted by atomic mass is 9.84. The van der Waals surface area contributed by atoms with Crippen molar-refractivity contribution in [1.82, 2.24) is 0 Å². The molecule has 0 unspecified atom stereocenters. The maximum absolute atomic E-state index is 13.3. The van der Waals surface area contributed by atoms with Gasteiger partial charge in [0.05, 0.1) is 28.4 Å². The first-order valence-corrected chi connectivity index (χ1v) is 10.2. The predicted molar refractivity (Wildman–Crippen MR) is 128 cm³/mol. The van der Waals surface area contributed by atoms with Crippen LogP contribution in [0.2, 0.25) is 0 Å². The topological polar surface area (TPSA) is 137 Å². The summed E-state index contributed by atoms with van der Waals surface area (Å²) in [7, 11) is 0. The Hall–Kier alpha value is -4.40. The van der Waals surface area contributed by atoms with Crippen molar-refractivity contribution in [1.29, 1.82) is 0 Å². The van der Waals surface area contributed by atoms with Gasteiger partial charge in [-0.15, -0.1) is 0 Å². The summed E-state index contributed by atoms with van der Waals surface area (Å²) in [5.74, 6) is 10.9. The fourth-order valence-corrected chi connectivity index (χ4v) is 4.29. The van der Waals surface area contributed by atoms with Gasteiger partial charge in [-0.3, -0.25) is 11.7 Å². The van der Waals surface area contributed by atoms with E-state index in [1.165, 1.54) is 0 Å². The van der Waals surface area contributed by atoms with Gasteiger partial charge in [-0.05, 0) is 29.8 Å². The van der Waals surface area contributed by atoms with Gasteiger partial charge in [-0.2, -0.15) is 0 Å². The lowest BCUT2D eigenvalue weighted by Crippen LogP contribution is -2.26. The van der Waals surface area contributed by atoms with E-state index in [1.807, 2.05) is 42.5 Å². The zero-order valence-corrected chi connectivity index (χ0v) is 17.4. The Morgan fingerprint density at radius 1 is 0.606 bits per heavy atom. The summed E-state index contributed by atoms with van der Waals surface area (Å²) in [6, 6.07) is 23.2. The van der Waals surface area contributed by atoms with E-state index in [4.69, 9.17) is 20.5 Å². The van der Waals surface area contributed by atoms with Crippen LogP contribution in [0.25, 0.3) is 21.9 Å². The molecule has 8 nitrogen and oxygen atoms in total. The van der Waals surface area contributed by atoms with Crippen molar-refractivity contribution >= 4 is 33.3 Å². The van der Waals surface area contributed by atoms with Crippen LogP contribution in [0.15, 0.2) is 97.3 Å². The Balaban J connectivity index is 1.94. The van der Waals surface area contributed by atoms with Gasteiger partial charge in [-0.25, -0.2) is 9.59 Å². The molecule has 0 aliphatic rings. The van der Waals surface area contributed by atoms with Crippen molar-refractivity contribution in [2.24, 2.45) is 11.7 Å². The molecule has 0 atom stereocenters. The Morgan fingerprint density at radius 2 is 1.03 bits per heavy atom. The molecular formula is C25H20N4O4. The molecule has 5 rings (SSSR count). The van der Waals surface area contributed by atoms with Gasteiger partial charge in [0.25, 0.3) is 0 Å². The van der Waals surface area contributed by atoms with Gasteiger partial charge in [0.2, 0.25) is 0 Å². The molecule has 0 spiro atoms. The zero-order valence-electron chi connectivity index (χ0n) is 17.4. The fraction of sp³-hybridized carbons (Fsp3) is 0.0400. The van der Waals surface area contributed by atoms with Crippen LogP contribution in [-0.2, 0) is 0 Å². The molecular weight excluding hydrogens is 420 g/mol. The third-order valence-electron chi connectivity index (χ3n) is 5.70. The first-order chi connectivity index (χ1) is 16.1. The van der Waals surface area contributed by atoms with E-state index < -0.39 is 17.2 Å². The molecule has 0 fully saturated rings. The van der Waals surface area contributed by atoms with Crippen molar-refractivity contribution in [3.05, 3.63) is 116 Å². The molecule has 8 heteroatoms. The molecule has 2 aromatic heterocycles. The van der Waals surface area contributed by atoms with Crippen molar-refractivity contribution in [2.75, 3.05) is 10.9 Å². The highest BCUT2D eigenvalue weighted by Gasteiger charge is 2.31. The SMILES string of the molecule is NNc1c(C(c2ccccc2)c2c(NN)c3ccccc3oc2=O)c(=O)oc2ccccc12. The number of nitrogens with two attached hydrogens (primary N) is 2. The first-order valence-electron chi connectivity index (χ1n) is 10.2. The summed E-state index contributed by atoms with van der Waals surface area (Å²) >= 11 is 0. The van der Waals surface area contributed by atoms with Gasteiger partial charge >= 0.3 is 11.3 Å². The molecule has 0 radical (unpaired) electrons. The maximum Gasteiger partial charge on any atom is 0.342 e. The molecule has 164 valence electrons. The number of fused-ring (bicyclic) bond motifs is 2. The number of nitrogen functional groups attached to an aromatic ring is 2. The Labute approximate surface area is 187 Å². The largest absolute Gasteiger partial charge is 0.422 e. The second kappa shape index (κ2) is 8.27. The van der Waals surface area contributed by atoms with Crippen LogP contribution >= 0.6 is 0 Å². The number of hydrogen-bond donors (Lipinski definition) is 4. The number of para-hydroxylation sites is 2. The van der Waals surface area contributed by atoms with Crippen LogP contribution in [0, 0.1) is 0 Å². The van der Waals surface area contributed by atoms with E-state index >= 15 is 0 Å². The minimum atomic E-state index is -0.884. The molecule has 0 aliphatic carbocycles. The maximum atomic E-state index is 13.3. The molecule has 0 saturated carbocycles. The summed E-state index contributed by atoms with van der Waals surface area (Å²) in [6.07, 6.45) is 0. The van der Waals surface area contributed by atoms with Crippen molar-refractivity contribution in [2.45, 2.75) is 5.92 Å². The van der Waals surface area contributed by atoms with Crippen LogP contribution < -0.4 is 33.8 Å². The summed E-state index contributed by atoms with van der Waals surface area (Å²) in [5, 5.41) is 1.20. The minimum Gasteiger partial charge on any atom is -0.422 e. The molecule has 33 heavy (non-hydrogen) atoms. The standard InChI is InChI=1S/C25H20N4O4/c26-28-22-15-10-4-6-12-17(15)32-24(30)20(22)19(14-8-2-1-3-9-14)21-23(29-27)16-11-5-7-13-18(16)33-25(21)31/h1-13,19,28-29H,26-27H2. The predicted octanol–water partition coefficient (Wildman–Crippen LogP) is 3.65. The lowest BCUT2D eigenvalue weighted by Gasteiger charge is -2.22. The number of hydrazine groups is 2. The molecule has 0 saturated heterocycles. The van der Waals surface area contributed by atoms with Crippen molar-refractivity contribution in [3.8, 4) is 0 Å². The third kappa shape index (κ3) is 3.34. The quantitative estimate of drug-likeness (QED) is 0.185. The second-order valence-electron chi connectivity index (χ2n) is 7.48. The molecule has 6 N–H and O–H groups in total. The highest BCUT2D eigenvalue weighted by molar-refractivity contribution is 5.94. The summed E-state index contributed by atoms with van der Waals surface area (Å²) < 4.78 is 11.2. The molecule has 2 heterocycles. The third-order valence-corrected chi connectivity index (χ3v) is 5.70. The van der Waals surface area contributed by atoms with Gasteiger partial charge in [0, 0.05) is 10.8 Å². The van der Waals surface area contributed by atoms with Gasteiger partial charge < -0.3 is 19.7 Å². The van der Waals surface area contributed by atoms with Crippen LogP contribution in [0.3, 0.4) is 0 Å². The van der Waals surface area contributed by atoms with E-state index in [9.17, 15) is 9.59 Å². The van der Waals surface area contributed by atoms with Crippen LogP contribution in [0.1, 0.15) is 22.6 Å². The average molecular weight is 440 g/mol. The number of nitrogens with one attached hydrogen (secondary N) is 2. The van der Waals surface area contributed by atoms with Gasteiger partial charge in [0.15, 0.2) is 0 Å². The monoisotopic (exact) mass is 440 g/mol. The van der Waals surface area contributed by atoms with Crippen molar-refractivity contribution in [3.63, 3.8) is 0 Å². The van der Waals surface area contributed by atoms with E-state index in [0.717, 1.165) is 0 Å². The normalized spacial score (nSPS) is 11.2. The fourth-order valence-electron chi connectivity index (χ4n) is 4.29. The van der Waals surface area contributed by atoms with Gasteiger partial charge in [0.1, 0.15) is 11.2 Å². The Morgan fingerprint density at radius 3 is 1.48 bits per heavy atom. The smallest absolute Gasteiger partial charge is 0.342 e. The van der Waals surface area contributed by atoms with E-state index in [-0.39, 0.29) is 11.1 Å². The summed E-state index contributed by atoms with van der Waals surface area (Å²) in [6.45, 7) is 0. The molecule has 5 aromatic rings.